The predicted molar refractivity (Wildman–Crippen MR) is 102 cm³/mol. The van der Waals surface area contributed by atoms with Crippen LogP contribution in [0.4, 0.5) is 20.4 Å². The zero-order valence-electron chi connectivity index (χ0n) is 16.5. The van der Waals surface area contributed by atoms with Gasteiger partial charge in [-0.05, 0) is 19.9 Å². The number of piperidine rings is 1. The Labute approximate surface area is 167 Å². The van der Waals surface area contributed by atoms with E-state index in [9.17, 15) is 8.78 Å². The number of aromatic nitrogens is 4. The normalized spacial score (nSPS) is 22.2. The molecule has 4 heterocycles. The van der Waals surface area contributed by atoms with Gasteiger partial charge in [0.05, 0.1) is 6.54 Å². The monoisotopic (exact) mass is 405 g/mol. The van der Waals surface area contributed by atoms with Crippen molar-refractivity contribution in [2.45, 2.75) is 50.1 Å². The molecule has 2 saturated heterocycles. The lowest BCUT2D eigenvalue weighted by atomic mass is 10.1. The number of halogens is 2. The molecule has 0 atom stereocenters. The van der Waals surface area contributed by atoms with Gasteiger partial charge in [0, 0.05) is 57.0 Å². The minimum atomic E-state index is -2.56. The van der Waals surface area contributed by atoms with Crippen molar-refractivity contribution in [1.82, 2.24) is 25.1 Å². The summed E-state index contributed by atoms with van der Waals surface area (Å²) < 4.78 is 32.5. The van der Waals surface area contributed by atoms with Crippen LogP contribution in [0.15, 0.2) is 16.8 Å². The van der Waals surface area contributed by atoms with Gasteiger partial charge in [0.15, 0.2) is 0 Å². The molecule has 1 aliphatic carbocycles. The number of alkyl halides is 2. The van der Waals surface area contributed by atoms with Crippen molar-refractivity contribution >= 4 is 11.6 Å². The van der Waals surface area contributed by atoms with E-state index in [0.29, 0.717) is 37.5 Å². The molecule has 0 unspecified atom stereocenters. The average molecular weight is 405 g/mol. The van der Waals surface area contributed by atoms with Crippen LogP contribution in [0, 0.1) is 0 Å². The summed E-state index contributed by atoms with van der Waals surface area (Å²) in [5, 5.41) is 8.30. The average Bonchev–Trinajstić information content (AvgIpc) is 3.40. The fraction of sp³-hybridized carbons (Fsp3) is 0.684. The first-order valence-electron chi connectivity index (χ1n) is 10.2. The van der Waals surface area contributed by atoms with Gasteiger partial charge in [0.25, 0.3) is 5.92 Å². The van der Waals surface area contributed by atoms with Crippen molar-refractivity contribution in [3.63, 3.8) is 0 Å². The highest BCUT2D eigenvalue weighted by Crippen LogP contribution is 2.39. The Kier molecular flexibility index (Phi) is 4.60. The lowest BCUT2D eigenvalue weighted by Gasteiger charge is -2.44. The molecule has 8 nitrogen and oxygen atoms in total. The molecule has 5 rings (SSSR count). The molecule has 0 radical (unpaired) electrons. The molecule has 0 N–H and O–H groups in total. The van der Waals surface area contributed by atoms with Gasteiger partial charge in [-0.1, -0.05) is 0 Å². The van der Waals surface area contributed by atoms with E-state index >= 15 is 0 Å². The lowest BCUT2D eigenvalue weighted by Crippen LogP contribution is -2.58. The quantitative estimate of drug-likeness (QED) is 0.725. The van der Waals surface area contributed by atoms with Crippen LogP contribution >= 0.6 is 0 Å². The van der Waals surface area contributed by atoms with E-state index in [0.717, 1.165) is 43.5 Å². The van der Waals surface area contributed by atoms with Gasteiger partial charge < -0.3 is 14.2 Å². The molecule has 0 bridgehead atoms. The number of rotatable bonds is 6. The van der Waals surface area contributed by atoms with Crippen molar-refractivity contribution in [1.29, 1.82) is 0 Å². The molecule has 3 fully saturated rings. The smallest absolute Gasteiger partial charge is 0.251 e. The van der Waals surface area contributed by atoms with E-state index in [-0.39, 0.29) is 12.8 Å². The van der Waals surface area contributed by atoms with Crippen molar-refractivity contribution in [3.8, 4) is 0 Å². The molecule has 2 aliphatic heterocycles. The third kappa shape index (κ3) is 4.03. The Balaban J connectivity index is 1.15. The SMILES string of the molecule is CN(Cc1nnc(C2CC2)o1)C1CN(c2cc(N3CCC(F)(F)CC3)ncn2)C1. The van der Waals surface area contributed by atoms with E-state index in [2.05, 4.69) is 37.0 Å². The standard InChI is InChI=1S/C19H25F2N7O/c1-26(11-17-24-25-18(29-17)13-2-3-13)14-9-28(10-14)16-8-15(22-12-23-16)27-6-4-19(20,21)5-7-27/h8,12-14H,2-7,9-11H2,1H3. The van der Waals surface area contributed by atoms with Gasteiger partial charge in [-0.25, -0.2) is 18.7 Å². The molecule has 0 spiro atoms. The van der Waals surface area contributed by atoms with Crippen molar-refractivity contribution in [2.24, 2.45) is 0 Å². The van der Waals surface area contributed by atoms with Gasteiger partial charge in [0.2, 0.25) is 11.8 Å². The maximum atomic E-state index is 13.4. The number of nitrogens with zero attached hydrogens (tertiary/aromatic N) is 7. The summed E-state index contributed by atoms with van der Waals surface area (Å²) in [6, 6.07) is 2.28. The van der Waals surface area contributed by atoms with Crippen LogP contribution in [0.25, 0.3) is 0 Å². The first kappa shape index (κ1) is 18.7. The van der Waals surface area contributed by atoms with E-state index < -0.39 is 5.92 Å². The molecule has 2 aromatic rings. The largest absolute Gasteiger partial charge is 0.424 e. The zero-order valence-corrected chi connectivity index (χ0v) is 16.5. The molecule has 2 aromatic heterocycles. The minimum Gasteiger partial charge on any atom is -0.424 e. The van der Waals surface area contributed by atoms with Gasteiger partial charge in [0.1, 0.15) is 18.0 Å². The highest BCUT2D eigenvalue weighted by Gasteiger charge is 2.36. The summed E-state index contributed by atoms with van der Waals surface area (Å²) in [5.74, 6) is 0.913. The van der Waals surface area contributed by atoms with Crippen molar-refractivity contribution in [3.05, 3.63) is 24.2 Å². The summed E-state index contributed by atoms with van der Waals surface area (Å²) in [6.45, 7) is 2.96. The Morgan fingerprint density at radius 2 is 1.79 bits per heavy atom. The van der Waals surface area contributed by atoms with Crippen LogP contribution in [0.3, 0.4) is 0 Å². The van der Waals surface area contributed by atoms with Crippen molar-refractivity contribution in [2.75, 3.05) is 43.0 Å². The Morgan fingerprint density at radius 3 is 2.48 bits per heavy atom. The third-order valence-electron chi connectivity index (χ3n) is 6.06. The maximum absolute atomic E-state index is 13.4. The van der Waals surface area contributed by atoms with Crippen LogP contribution in [0.5, 0.6) is 0 Å². The Hall–Kier alpha value is -2.36. The fourth-order valence-electron chi connectivity index (χ4n) is 3.84. The molecule has 3 aliphatic rings. The molecule has 29 heavy (non-hydrogen) atoms. The zero-order chi connectivity index (χ0) is 20.0. The lowest BCUT2D eigenvalue weighted by molar-refractivity contribution is -0.0221. The summed E-state index contributed by atoms with van der Waals surface area (Å²) >= 11 is 0. The minimum absolute atomic E-state index is 0.124. The number of anilines is 2. The van der Waals surface area contributed by atoms with Crippen LogP contribution in [0.2, 0.25) is 0 Å². The second-order valence-corrected chi connectivity index (χ2v) is 8.36. The molecular weight excluding hydrogens is 380 g/mol. The molecule has 0 aromatic carbocycles. The van der Waals surface area contributed by atoms with E-state index in [1.165, 1.54) is 6.33 Å². The number of hydrogen-bond acceptors (Lipinski definition) is 8. The molecule has 1 saturated carbocycles. The van der Waals surface area contributed by atoms with Gasteiger partial charge in [-0.2, -0.15) is 0 Å². The first-order valence-corrected chi connectivity index (χ1v) is 10.2. The summed E-state index contributed by atoms with van der Waals surface area (Å²) in [7, 11) is 2.06. The number of hydrogen-bond donors (Lipinski definition) is 0. The Morgan fingerprint density at radius 1 is 1.10 bits per heavy atom. The number of likely N-dealkylation sites (N-methyl/N-ethyl adjacent to an activating group) is 1. The maximum Gasteiger partial charge on any atom is 0.251 e. The van der Waals surface area contributed by atoms with Crippen LogP contribution in [0.1, 0.15) is 43.4 Å². The van der Waals surface area contributed by atoms with Crippen LogP contribution in [-0.4, -0.2) is 70.3 Å². The van der Waals surface area contributed by atoms with Gasteiger partial charge in [-0.3, -0.25) is 4.90 Å². The summed E-state index contributed by atoms with van der Waals surface area (Å²) in [4.78, 5) is 15.0. The molecule has 0 amide bonds. The van der Waals surface area contributed by atoms with Crippen LogP contribution in [-0.2, 0) is 6.54 Å². The summed E-state index contributed by atoms with van der Waals surface area (Å²) in [5.41, 5.74) is 0. The van der Waals surface area contributed by atoms with E-state index in [1.807, 2.05) is 11.0 Å². The summed E-state index contributed by atoms with van der Waals surface area (Å²) in [6.07, 6.45) is 3.57. The third-order valence-corrected chi connectivity index (χ3v) is 6.06. The Bertz CT molecular complexity index is 856. The first-order chi connectivity index (χ1) is 14.0. The second kappa shape index (κ2) is 7.16. The fourth-order valence-corrected chi connectivity index (χ4v) is 3.84. The molecule has 156 valence electrons. The molecule has 10 heteroatoms. The van der Waals surface area contributed by atoms with Gasteiger partial charge >= 0.3 is 0 Å². The molecular formula is C19H25F2N7O. The second-order valence-electron chi connectivity index (χ2n) is 8.36. The topological polar surface area (TPSA) is 74.4 Å². The predicted octanol–water partition coefficient (Wildman–Crippen LogP) is 2.29. The van der Waals surface area contributed by atoms with E-state index in [4.69, 9.17) is 4.42 Å². The van der Waals surface area contributed by atoms with E-state index in [1.54, 1.807) is 0 Å². The highest BCUT2D eigenvalue weighted by molar-refractivity contribution is 5.52. The highest BCUT2D eigenvalue weighted by atomic mass is 19.3. The van der Waals surface area contributed by atoms with Crippen molar-refractivity contribution < 1.29 is 13.2 Å². The van der Waals surface area contributed by atoms with Gasteiger partial charge in [-0.15, -0.1) is 10.2 Å². The van der Waals surface area contributed by atoms with Crippen LogP contribution < -0.4 is 9.80 Å².